The van der Waals surface area contributed by atoms with Gasteiger partial charge in [0.25, 0.3) is 5.91 Å². The zero-order valence-electron chi connectivity index (χ0n) is 11.6. The number of amides is 1. The number of rotatable bonds is 4. The van der Waals surface area contributed by atoms with Crippen LogP contribution in [0.4, 0.5) is 18.9 Å². The maximum Gasteiger partial charge on any atom is 0.408 e. The molecule has 1 aromatic rings. The van der Waals surface area contributed by atoms with Gasteiger partial charge in [0.15, 0.2) is 0 Å². The number of halogens is 3. The van der Waals surface area contributed by atoms with Crippen LogP contribution in [0.15, 0.2) is 30.8 Å². The van der Waals surface area contributed by atoms with Crippen LogP contribution in [0, 0.1) is 0 Å². The molecule has 0 bridgehead atoms. The van der Waals surface area contributed by atoms with E-state index in [1.165, 1.54) is 0 Å². The van der Waals surface area contributed by atoms with Gasteiger partial charge in [0.05, 0.1) is 25.1 Å². The van der Waals surface area contributed by atoms with Gasteiger partial charge in [-0.05, 0) is 0 Å². The number of hydrogen-bond acceptors (Lipinski definition) is 4. The van der Waals surface area contributed by atoms with E-state index in [4.69, 9.17) is 10.5 Å². The molecular formula is C13H15F3N4O2. The summed E-state index contributed by atoms with van der Waals surface area (Å²) in [5, 5.41) is 3.62. The molecular weight excluding hydrogens is 301 g/mol. The molecule has 0 radical (unpaired) electrons. The third kappa shape index (κ3) is 3.56. The highest BCUT2D eigenvalue weighted by molar-refractivity contribution is 6.02. The summed E-state index contributed by atoms with van der Waals surface area (Å²) in [6.07, 6.45) is -0.707. The Morgan fingerprint density at radius 2 is 2.41 bits per heavy atom. The van der Waals surface area contributed by atoms with Crippen molar-refractivity contribution in [1.29, 1.82) is 0 Å². The van der Waals surface area contributed by atoms with Gasteiger partial charge in [-0.3, -0.25) is 14.4 Å². The van der Waals surface area contributed by atoms with E-state index in [1.54, 1.807) is 0 Å². The molecule has 22 heavy (non-hydrogen) atoms. The third-order valence-electron chi connectivity index (χ3n) is 3.14. The molecule has 1 saturated heterocycles. The highest BCUT2D eigenvalue weighted by Gasteiger charge is 2.41. The summed E-state index contributed by atoms with van der Waals surface area (Å²) in [7, 11) is 0. The standard InChI is InChI=1S/C13H15F3N4O2/c1-2-3-11(21)20(12(17)4-5-22-9-12)10-6-18-19(7-10)8-13(14,15)16/h3,6-7H,1,4-5,8-9,17H2. The van der Waals surface area contributed by atoms with Gasteiger partial charge in [0, 0.05) is 18.7 Å². The first-order chi connectivity index (χ1) is 10.2. The SMILES string of the molecule is C=C=CC(=O)N(c1cnn(CC(F)(F)F)c1)C1(N)CCOC1. The molecule has 0 saturated carbocycles. The summed E-state index contributed by atoms with van der Waals surface area (Å²) < 4.78 is 43.1. The number of alkyl halides is 3. The zero-order chi connectivity index (χ0) is 16.4. The predicted octanol–water partition coefficient (Wildman–Crippen LogP) is 1.19. The Morgan fingerprint density at radius 3 is 2.95 bits per heavy atom. The average Bonchev–Trinajstić information content (AvgIpc) is 2.98. The molecule has 9 heteroatoms. The van der Waals surface area contributed by atoms with E-state index in [1.807, 2.05) is 0 Å². The topological polar surface area (TPSA) is 73.4 Å². The van der Waals surface area contributed by atoms with Crippen LogP contribution < -0.4 is 10.6 Å². The number of carbonyl (C=O) groups is 1. The van der Waals surface area contributed by atoms with Crippen LogP contribution in [-0.4, -0.2) is 40.7 Å². The Labute approximate surface area is 124 Å². The van der Waals surface area contributed by atoms with Gasteiger partial charge in [-0.15, -0.1) is 5.73 Å². The minimum Gasteiger partial charge on any atom is -0.377 e. The molecule has 1 aliphatic heterocycles. The second kappa shape index (κ2) is 5.96. The van der Waals surface area contributed by atoms with Gasteiger partial charge in [-0.25, -0.2) is 0 Å². The third-order valence-corrected chi connectivity index (χ3v) is 3.14. The molecule has 2 rings (SSSR count). The summed E-state index contributed by atoms with van der Waals surface area (Å²) in [5.74, 6) is -0.547. The molecule has 2 heterocycles. The van der Waals surface area contributed by atoms with Crippen molar-refractivity contribution in [3.8, 4) is 0 Å². The fraction of sp³-hybridized carbons (Fsp3) is 0.462. The Morgan fingerprint density at radius 1 is 1.68 bits per heavy atom. The second-order valence-corrected chi connectivity index (χ2v) is 4.94. The lowest BCUT2D eigenvalue weighted by atomic mass is 10.1. The molecule has 120 valence electrons. The Balaban J connectivity index is 2.33. The molecule has 1 fully saturated rings. The van der Waals surface area contributed by atoms with E-state index in [9.17, 15) is 18.0 Å². The van der Waals surface area contributed by atoms with Gasteiger partial charge in [0.2, 0.25) is 0 Å². The number of aromatic nitrogens is 2. The number of nitrogens with zero attached hydrogens (tertiary/aromatic N) is 3. The lowest BCUT2D eigenvalue weighted by Gasteiger charge is -2.35. The quantitative estimate of drug-likeness (QED) is 0.514. The number of nitrogens with two attached hydrogens (primary N) is 1. The van der Waals surface area contributed by atoms with Crippen molar-refractivity contribution in [3.05, 3.63) is 30.8 Å². The van der Waals surface area contributed by atoms with Crippen molar-refractivity contribution in [2.45, 2.75) is 24.8 Å². The van der Waals surface area contributed by atoms with E-state index in [0.29, 0.717) is 17.7 Å². The molecule has 1 unspecified atom stereocenters. The predicted molar refractivity (Wildman–Crippen MR) is 71.8 cm³/mol. The number of ether oxygens (including phenoxy) is 1. The molecule has 6 nitrogen and oxygen atoms in total. The van der Waals surface area contributed by atoms with Gasteiger partial charge < -0.3 is 10.5 Å². The normalized spacial score (nSPS) is 21.5. The molecule has 0 aromatic carbocycles. The molecule has 1 amide bonds. The van der Waals surface area contributed by atoms with Crippen molar-refractivity contribution in [3.63, 3.8) is 0 Å². The summed E-state index contributed by atoms with van der Waals surface area (Å²) in [6.45, 7) is 2.49. The first-order valence-corrected chi connectivity index (χ1v) is 6.41. The molecule has 0 spiro atoms. The Bertz CT molecular complexity index is 599. The first-order valence-electron chi connectivity index (χ1n) is 6.41. The zero-order valence-corrected chi connectivity index (χ0v) is 11.6. The highest BCUT2D eigenvalue weighted by atomic mass is 19.4. The summed E-state index contributed by atoms with van der Waals surface area (Å²) in [6, 6.07) is 0. The summed E-state index contributed by atoms with van der Waals surface area (Å²) in [5.41, 5.74) is 7.51. The van der Waals surface area contributed by atoms with Crippen molar-refractivity contribution in [2.24, 2.45) is 5.73 Å². The number of anilines is 1. The van der Waals surface area contributed by atoms with E-state index >= 15 is 0 Å². The average molecular weight is 316 g/mol. The maximum atomic E-state index is 12.4. The molecule has 1 atom stereocenters. The number of hydrogen-bond donors (Lipinski definition) is 1. The van der Waals surface area contributed by atoms with Crippen LogP contribution in [-0.2, 0) is 16.1 Å². The van der Waals surface area contributed by atoms with Crippen LogP contribution in [0.2, 0.25) is 0 Å². The van der Waals surface area contributed by atoms with Gasteiger partial charge in [0.1, 0.15) is 12.2 Å². The fourth-order valence-electron chi connectivity index (χ4n) is 2.24. The van der Waals surface area contributed by atoms with Crippen molar-refractivity contribution in [2.75, 3.05) is 18.1 Å². The van der Waals surface area contributed by atoms with Crippen molar-refractivity contribution < 1.29 is 22.7 Å². The minimum atomic E-state index is -4.41. The van der Waals surface area contributed by atoms with E-state index < -0.39 is 24.3 Å². The van der Waals surface area contributed by atoms with Crippen molar-refractivity contribution >= 4 is 11.6 Å². The highest BCUT2D eigenvalue weighted by Crippen LogP contribution is 2.28. The van der Waals surface area contributed by atoms with Crippen LogP contribution in [0.5, 0.6) is 0 Å². The smallest absolute Gasteiger partial charge is 0.377 e. The molecule has 2 N–H and O–H groups in total. The lowest BCUT2D eigenvalue weighted by Crippen LogP contribution is -2.59. The fourth-order valence-corrected chi connectivity index (χ4v) is 2.24. The molecule has 1 aliphatic rings. The van der Waals surface area contributed by atoms with Gasteiger partial charge >= 0.3 is 6.18 Å². The van der Waals surface area contributed by atoms with E-state index in [0.717, 1.165) is 23.4 Å². The minimum absolute atomic E-state index is 0.0776. The second-order valence-electron chi connectivity index (χ2n) is 4.94. The monoisotopic (exact) mass is 316 g/mol. The molecule has 1 aromatic heterocycles. The first kappa shape index (κ1) is 16.3. The van der Waals surface area contributed by atoms with Crippen LogP contribution in [0.1, 0.15) is 6.42 Å². The van der Waals surface area contributed by atoms with Gasteiger partial charge in [-0.1, -0.05) is 6.58 Å². The Hall–Kier alpha value is -2.09. The largest absolute Gasteiger partial charge is 0.408 e. The molecule has 0 aliphatic carbocycles. The summed E-state index contributed by atoms with van der Waals surface area (Å²) in [4.78, 5) is 13.4. The summed E-state index contributed by atoms with van der Waals surface area (Å²) >= 11 is 0. The maximum absolute atomic E-state index is 12.4. The van der Waals surface area contributed by atoms with Gasteiger partial charge in [-0.2, -0.15) is 18.3 Å². The van der Waals surface area contributed by atoms with Crippen molar-refractivity contribution in [1.82, 2.24) is 9.78 Å². The van der Waals surface area contributed by atoms with E-state index in [-0.39, 0.29) is 12.3 Å². The van der Waals surface area contributed by atoms with Crippen LogP contribution in [0.25, 0.3) is 0 Å². The number of carbonyl (C=O) groups excluding carboxylic acids is 1. The lowest BCUT2D eigenvalue weighted by molar-refractivity contribution is -0.142. The van der Waals surface area contributed by atoms with Crippen LogP contribution in [0.3, 0.4) is 0 Å². The Kier molecular flexibility index (Phi) is 4.41. The van der Waals surface area contributed by atoms with E-state index in [2.05, 4.69) is 17.4 Å². The van der Waals surface area contributed by atoms with Crippen LogP contribution >= 0.6 is 0 Å².